The zero-order valence-corrected chi connectivity index (χ0v) is 18.0. The average molecular weight is 461 g/mol. The highest BCUT2D eigenvalue weighted by molar-refractivity contribution is 6.04. The highest BCUT2D eigenvalue weighted by Gasteiger charge is 2.30. The lowest BCUT2D eigenvalue weighted by molar-refractivity contribution is -0.134. The van der Waals surface area contributed by atoms with Gasteiger partial charge in [-0.1, -0.05) is 42.5 Å². The number of carbonyl (C=O) groups excluding carboxylic acids is 3. The van der Waals surface area contributed by atoms with E-state index in [0.717, 1.165) is 5.56 Å². The molecule has 1 saturated heterocycles. The van der Waals surface area contributed by atoms with E-state index in [9.17, 15) is 27.6 Å². The summed E-state index contributed by atoms with van der Waals surface area (Å²) in [5.41, 5.74) is 1.21. The zero-order chi connectivity index (χ0) is 23.8. The lowest BCUT2D eigenvalue weighted by Gasteiger charge is -2.31. The number of likely N-dealkylation sites (tertiary alicyclic amines) is 1. The van der Waals surface area contributed by atoms with E-state index in [1.165, 1.54) is 18.2 Å². The van der Waals surface area contributed by atoms with Gasteiger partial charge in [-0.15, -0.1) is 0 Å². The van der Waals surface area contributed by atoms with E-state index in [4.69, 9.17) is 0 Å². The highest BCUT2D eigenvalue weighted by atomic mass is 19.4. The van der Waals surface area contributed by atoms with Gasteiger partial charge in [-0.3, -0.25) is 14.4 Å². The molecule has 0 aromatic heterocycles. The van der Waals surface area contributed by atoms with Crippen molar-refractivity contribution in [3.8, 4) is 0 Å². The van der Waals surface area contributed by atoms with Crippen molar-refractivity contribution in [2.75, 3.05) is 25.0 Å². The number of aryl methyl sites for hydroxylation is 1. The molecule has 1 aliphatic heterocycles. The minimum absolute atomic E-state index is 0.0383. The molecule has 0 unspecified atom stereocenters. The maximum Gasteiger partial charge on any atom is 0.405 e. The maximum atomic E-state index is 12.7. The number of para-hydroxylation sites is 1. The summed E-state index contributed by atoms with van der Waals surface area (Å²) in [6, 6.07) is 15.7. The van der Waals surface area contributed by atoms with Crippen molar-refractivity contribution in [2.45, 2.75) is 31.9 Å². The number of piperidine rings is 1. The van der Waals surface area contributed by atoms with Gasteiger partial charge in [-0.2, -0.15) is 13.2 Å². The second-order valence-corrected chi connectivity index (χ2v) is 7.97. The van der Waals surface area contributed by atoms with Crippen molar-refractivity contribution in [2.24, 2.45) is 5.92 Å². The molecule has 2 aromatic carbocycles. The van der Waals surface area contributed by atoms with Gasteiger partial charge in [0.05, 0.1) is 11.3 Å². The second-order valence-electron chi connectivity index (χ2n) is 7.97. The number of nitrogens with zero attached hydrogens (tertiary/aromatic N) is 1. The predicted octanol–water partition coefficient (Wildman–Crippen LogP) is 3.79. The summed E-state index contributed by atoms with van der Waals surface area (Å²) in [6.07, 6.45) is -2.51. The van der Waals surface area contributed by atoms with Crippen molar-refractivity contribution in [3.05, 3.63) is 65.7 Å². The van der Waals surface area contributed by atoms with Gasteiger partial charge in [-0.05, 0) is 37.0 Å². The zero-order valence-electron chi connectivity index (χ0n) is 18.0. The Balaban J connectivity index is 1.50. The van der Waals surface area contributed by atoms with Crippen molar-refractivity contribution in [1.82, 2.24) is 10.2 Å². The summed E-state index contributed by atoms with van der Waals surface area (Å²) < 4.78 is 37.2. The van der Waals surface area contributed by atoms with E-state index in [1.807, 2.05) is 35.6 Å². The summed E-state index contributed by atoms with van der Waals surface area (Å²) in [5, 5.41) is 4.48. The standard InChI is InChI=1S/C24H26F3N3O3/c25-24(26,27)16-28-23(33)19-8-4-5-9-20(19)29-22(32)18-12-14-30(15-13-18)21(31)11-10-17-6-2-1-3-7-17/h1-9,18H,10-16H2,(H,28,33)(H,29,32). The van der Waals surface area contributed by atoms with Crippen LogP contribution >= 0.6 is 0 Å². The molecule has 33 heavy (non-hydrogen) atoms. The Bertz CT molecular complexity index is 972. The highest BCUT2D eigenvalue weighted by Crippen LogP contribution is 2.22. The molecule has 0 bridgehead atoms. The smallest absolute Gasteiger partial charge is 0.343 e. The number of benzene rings is 2. The summed E-state index contributed by atoms with van der Waals surface area (Å²) in [4.78, 5) is 39.1. The Kier molecular flexibility index (Phi) is 8.08. The Morgan fingerprint density at radius 1 is 0.939 bits per heavy atom. The predicted molar refractivity (Wildman–Crippen MR) is 118 cm³/mol. The number of halogens is 3. The van der Waals surface area contributed by atoms with E-state index < -0.39 is 18.6 Å². The van der Waals surface area contributed by atoms with Crippen molar-refractivity contribution in [1.29, 1.82) is 0 Å². The molecule has 3 amide bonds. The van der Waals surface area contributed by atoms with E-state index in [1.54, 1.807) is 11.0 Å². The number of nitrogens with one attached hydrogen (secondary N) is 2. The summed E-state index contributed by atoms with van der Waals surface area (Å²) in [6.45, 7) is -0.538. The van der Waals surface area contributed by atoms with Gasteiger partial charge in [0.15, 0.2) is 0 Å². The largest absolute Gasteiger partial charge is 0.405 e. The molecule has 0 atom stereocenters. The molecule has 1 heterocycles. The fourth-order valence-corrected chi connectivity index (χ4v) is 3.75. The van der Waals surface area contributed by atoms with Crippen LogP contribution in [0.2, 0.25) is 0 Å². The molecule has 2 N–H and O–H groups in total. The van der Waals surface area contributed by atoms with Crippen LogP contribution in [0.15, 0.2) is 54.6 Å². The first kappa shape index (κ1) is 24.3. The van der Waals surface area contributed by atoms with Crippen LogP contribution in [0.25, 0.3) is 0 Å². The van der Waals surface area contributed by atoms with Gasteiger partial charge in [0.25, 0.3) is 5.91 Å². The molecule has 1 aliphatic rings. The molecule has 0 radical (unpaired) electrons. The first-order valence-corrected chi connectivity index (χ1v) is 10.8. The van der Waals surface area contributed by atoms with Crippen LogP contribution in [-0.2, 0) is 16.0 Å². The molecule has 0 aliphatic carbocycles. The third-order valence-electron chi connectivity index (χ3n) is 5.57. The fourth-order valence-electron chi connectivity index (χ4n) is 3.75. The molecule has 176 valence electrons. The molecule has 3 rings (SSSR count). The first-order valence-electron chi connectivity index (χ1n) is 10.8. The van der Waals surface area contributed by atoms with Crippen molar-refractivity contribution in [3.63, 3.8) is 0 Å². The number of amides is 3. The molecule has 2 aromatic rings. The normalized spacial score (nSPS) is 14.6. The lowest BCUT2D eigenvalue weighted by Crippen LogP contribution is -2.41. The number of hydrogen-bond acceptors (Lipinski definition) is 3. The molecular weight excluding hydrogens is 435 g/mol. The Labute approximate surface area is 190 Å². The van der Waals surface area contributed by atoms with E-state index in [2.05, 4.69) is 5.32 Å². The van der Waals surface area contributed by atoms with Gasteiger partial charge in [-0.25, -0.2) is 0 Å². The minimum atomic E-state index is -4.53. The SMILES string of the molecule is O=C(NCC(F)(F)F)c1ccccc1NC(=O)C1CCN(C(=O)CCc2ccccc2)CC1. The van der Waals surface area contributed by atoms with E-state index in [-0.39, 0.29) is 29.0 Å². The average Bonchev–Trinajstić information content (AvgIpc) is 2.81. The number of anilines is 1. The lowest BCUT2D eigenvalue weighted by atomic mass is 9.95. The third kappa shape index (κ3) is 7.34. The Hall–Kier alpha value is -3.36. The van der Waals surface area contributed by atoms with Crippen LogP contribution in [0, 0.1) is 5.92 Å². The number of rotatable bonds is 7. The van der Waals surface area contributed by atoms with Crippen LogP contribution in [0.5, 0.6) is 0 Å². The van der Waals surface area contributed by atoms with Crippen LogP contribution in [0.3, 0.4) is 0 Å². The van der Waals surface area contributed by atoms with Crippen LogP contribution < -0.4 is 10.6 Å². The number of hydrogen-bond donors (Lipinski definition) is 2. The second kappa shape index (κ2) is 11.0. The van der Waals surface area contributed by atoms with Gasteiger partial charge in [0.1, 0.15) is 6.54 Å². The molecule has 1 fully saturated rings. The quantitative estimate of drug-likeness (QED) is 0.659. The Morgan fingerprint density at radius 2 is 1.58 bits per heavy atom. The topological polar surface area (TPSA) is 78.5 Å². The van der Waals surface area contributed by atoms with Gasteiger partial charge >= 0.3 is 6.18 Å². The Morgan fingerprint density at radius 3 is 2.24 bits per heavy atom. The van der Waals surface area contributed by atoms with Crippen LogP contribution in [0.1, 0.15) is 35.2 Å². The van der Waals surface area contributed by atoms with Gasteiger partial charge in [0, 0.05) is 25.4 Å². The molecular formula is C24H26F3N3O3. The van der Waals surface area contributed by atoms with Gasteiger partial charge in [0.2, 0.25) is 11.8 Å². The molecule has 0 saturated carbocycles. The molecule has 0 spiro atoms. The summed E-state index contributed by atoms with van der Waals surface area (Å²) in [5.74, 6) is -1.54. The maximum absolute atomic E-state index is 12.7. The van der Waals surface area contributed by atoms with Crippen molar-refractivity contribution >= 4 is 23.4 Å². The van der Waals surface area contributed by atoms with Gasteiger partial charge < -0.3 is 15.5 Å². The number of carbonyl (C=O) groups is 3. The van der Waals surface area contributed by atoms with E-state index >= 15 is 0 Å². The third-order valence-corrected chi connectivity index (χ3v) is 5.57. The molecule has 6 nitrogen and oxygen atoms in total. The summed E-state index contributed by atoms with van der Waals surface area (Å²) in [7, 11) is 0. The summed E-state index contributed by atoms with van der Waals surface area (Å²) >= 11 is 0. The first-order chi connectivity index (χ1) is 15.7. The van der Waals surface area contributed by atoms with Crippen molar-refractivity contribution < 1.29 is 27.6 Å². The monoisotopic (exact) mass is 461 g/mol. The minimum Gasteiger partial charge on any atom is -0.343 e. The number of alkyl halides is 3. The van der Waals surface area contributed by atoms with Crippen LogP contribution in [0.4, 0.5) is 18.9 Å². The fraction of sp³-hybridized carbons (Fsp3) is 0.375. The van der Waals surface area contributed by atoms with Crippen LogP contribution in [-0.4, -0.2) is 48.4 Å². The van der Waals surface area contributed by atoms with E-state index in [0.29, 0.717) is 38.8 Å². The molecule has 9 heteroatoms.